The summed E-state index contributed by atoms with van der Waals surface area (Å²) in [7, 11) is 0. The summed E-state index contributed by atoms with van der Waals surface area (Å²) in [5.41, 5.74) is 0. The first-order chi connectivity index (χ1) is 4.27. The molecule has 0 bridgehead atoms. The van der Waals surface area contributed by atoms with Crippen molar-refractivity contribution in [1.29, 1.82) is 0 Å². The molecule has 0 fully saturated rings. The van der Waals surface area contributed by atoms with E-state index in [9.17, 15) is 4.79 Å². The molecule has 0 saturated heterocycles. The van der Waals surface area contributed by atoms with E-state index in [1.165, 1.54) is 0 Å². The van der Waals surface area contributed by atoms with Gasteiger partial charge in [-0.2, -0.15) is 0 Å². The highest BCUT2D eigenvalue weighted by Gasteiger charge is 1.91. The van der Waals surface area contributed by atoms with Crippen LogP contribution in [0.1, 0.15) is 19.8 Å². The number of rotatable bonds is 5. The largest absolute Gasteiger partial charge is 0.480 e. The summed E-state index contributed by atoms with van der Waals surface area (Å²) in [5, 5.41) is 10.9. The van der Waals surface area contributed by atoms with Gasteiger partial charge in [-0.15, -0.1) is 12.4 Å². The average Bonchev–Trinajstić information content (AvgIpc) is 1.80. The predicted octanol–water partition coefficient (Wildman–Crippen LogP) is 0.882. The van der Waals surface area contributed by atoms with Crippen LogP contribution in [0.5, 0.6) is 0 Å². The lowest BCUT2D eigenvalue weighted by molar-refractivity contribution is -0.135. The van der Waals surface area contributed by atoms with Crippen LogP contribution in [0.3, 0.4) is 0 Å². The molecule has 4 heteroatoms. The van der Waals surface area contributed by atoms with Gasteiger partial charge in [0.15, 0.2) is 0 Å². The number of hydrogen-bond donors (Lipinski definition) is 2. The van der Waals surface area contributed by atoms with Crippen molar-refractivity contribution >= 4 is 18.4 Å². The second-order valence-corrected chi connectivity index (χ2v) is 1.92. The molecule has 0 aliphatic heterocycles. The molecule has 0 aliphatic carbocycles. The normalized spacial score (nSPS) is 8.50. The van der Waals surface area contributed by atoms with E-state index >= 15 is 0 Å². The predicted molar refractivity (Wildman–Crippen MR) is 42.7 cm³/mol. The summed E-state index contributed by atoms with van der Waals surface area (Å²) in [4.78, 5) is 9.90. The number of carboxylic acids is 1. The highest BCUT2D eigenvalue weighted by atomic mass is 35.5. The monoisotopic (exact) mass is 167 g/mol. The Kier molecular flexibility index (Phi) is 10.8. The van der Waals surface area contributed by atoms with Crippen molar-refractivity contribution in [2.45, 2.75) is 19.8 Å². The van der Waals surface area contributed by atoms with Crippen LogP contribution >= 0.6 is 12.4 Å². The lowest BCUT2D eigenvalue weighted by atomic mass is 10.3. The Hall–Kier alpha value is -0.280. The van der Waals surface area contributed by atoms with Gasteiger partial charge in [-0.25, -0.2) is 0 Å². The van der Waals surface area contributed by atoms with Crippen molar-refractivity contribution in [3.05, 3.63) is 0 Å². The fourth-order valence-corrected chi connectivity index (χ4v) is 0.497. The standard InChI is InChI=1S/C6H13NO2.ClH/c1-2-3-4-7-5-6(8)9;/h7H,2-5H2,1H3,(H,8,9);1H. The second-order valence-electron chi connectivity index (χ2n) is 1.92. The van der Waals surface area contributed by atoms with Crippen molar-refractivity contribution in [2.24, 2.45) is 0 Å². The second kappa shape index (κ2) is 8.72. The highest BCUT2D eigenvalue weighted by molar-refractivity contribution is 5.85. The maximum atomic E-state index is 9.90. The van der Waals surface area contributed by atoms with Gasteiger partial charge in [0.1, 0.15) is 0 Å². The molecule has 2 N–H and O–H groups in total. The summed E-state index contributed by atoms with van der Waals surface area (Å²) >= 11 is 0. The fraction of sp³-hybridized carbons (Fsp3) is 0.833. The number of hydrogen-bond acceptors (Lipinski definition) is 2. The Morgan fingerprint density at radius 1 is 1.60 bits per heavy atom. The summed E-state index contributed by atoms with van der Waals surface area (Å²) in [5.74, 6) is -0.786. The molecule has 0 heterocycles. The van der Waals surface area contributed by atoms with Gasteiger partial charge in [0.2, 0.25) is 0 Å². The zero-order valence-electron chi connectivity index (χ0n) is 6.09. The third kappa shape index (κ3) is 10.7. The Morgan fingerprint density at radius 2 is 2.20 bits per heavy atom. The van der Waals surface area contributed by atoms with Gasteiger partial charge in [0.25, 0.3) is 0 Å². The van der Waals surface area contributed by atoms with E-state index in [-0.39, 0.29) is 19.0 Å². The van der Waals surface area contributed by atoms with Crippen molar-refractivity contribution in [3.63, 3.8) is 0 Å². The molecule has 10 heavy (non-hydrogen) atoms. The van der Waals surface area contributed by atoms with Gasteiger partial charge in [-0.3, -0.25) is 4.79 Å². The SMILES string of the molecule is CCCCNCC(=O)O.Cl. The molecule has 0 radical (unpaired) electrons. The first-order valence-electron chi connectivity index (χ1n) is 3.20. The third-order valence-corrected chi connectivity index (χ3v) is 0.983. The van der Waals surface area contributed by atoms with Crippen LogP contribution in [0.2, 0.25) is 0 Å². The van der Waals surface area contributed by atoms with Crippen molar-refractivity contribution in [1.82, 2.24) is 5.32 Å². The third-order valence-electron chi connectivity index (χ3n) is 0.983. The summed E-state index contributed by atoms with van der Waals surface area (Å²) in [6, 6.07) is 0. The van der Waals surface area contributed by atoms with Crippen molar-refractivity contribution in [2.75, 3.05) is 13.1 Å². The zero-order valence-corrected chi connectivity index (χ0v) is 6.91. The van der Waals surface area contributed by atoms with Crippen LogP contribution in [-0.4, -0.2) is 24.2 Å². The van der Waals surface area contributed by atoms with Crippen LogP contribution in [0.25, 0.3) is 0 Å². The highest BCUT2D eigenvalue weighted by Crippen LogP contribution is 1.80. The van der Waals surface area contributed by atoms with Crippen molar-refractivity contribution < 1.29 is 9.90 Å². The minimum absolute atomic E-state index is 0. The maximum Gasteiger partial charge on any atom is 0.317 e. The van der Waals surface area contributed by atoms with Gasteiger partial charge < -0.3 is 10.4 Å². The number of nitrogens with one attached hydrogen (secondary N) is 1. The number of aliphatic carboxylic acids is 1. The number of halogens is 1. The molecule has 0 aromatic heterocycles. The molecule has 0 unspecified atom stereocenters. The minimum atomic E-state index is -0.786. The lowest BCUT2D eigenvalue weighted by Crippen LogP contribution is -2.23. The smallest absolute Gasteiger partial charge is 0.317 e. The van der Waals surface area contributed by atoms with E-state index in [2.05, 4.69) is 12.2 Å². The molecule has 3 nitrogen and oxygen atoms in total. The van der Waals surface area contributed by atoms with Gasteiger partial charge in [0.05, 0.1) is 6.54 Å². The van der Waals surface area contributed by atoms with E-state index < -0.39 is 5.97 Å². The van der Waals surface area contributed by atoms with Gasteiger partial charge >= 0.3 is 5.97 Å². The van der Waals surface area contributed by atoms with Crippen LogP contribution in [-0.2, 0) is 4.79 Å². The molecule has 0 amide bonds. The summed E-state index contributed by atoms with van der Waals surface area (Å²) in [6.45, 7) is 2.96. The summed E-state index contributed by atoms with van der Waals surface area (Å²) < 4.78 is 0. The average molecular weight is 168 g/mol. The number of carboxylic acid groups (broad SMARTS) is 1. The number of unbranched alkanes of at least 4 members (excludes halogenated alkanes) is 1. The maximum absolute atomic E-state index is 9.90. The van der Waals surface area contributed by atoms with E-state index in [0.29, 0.717) is 0 Å². The topological polar surface area (TPSA) is 49.3 Å². The molecule has 0 saturated carbocycles. The van der Waals surface area contributed by atoms with Gasteiger partial charge in [-0.05, 0) is 13.0 Å². The van der Waals surface area contributed by atoms with Crippen molar-refractivity contribution in [3.8, 4) is 0 Å². The number of carbonyl (C=O) groups is 1. The van der Waals surface area contributed by atoms with E-state index in [1.54, 1.807) is 0 Å². The van der Waals surface area contributed by atoms with Crippen LogP contribution < -0.4 is 5.32 Å². The van der Waals surface area contributed by atoms with Gasteiger partial charge in [-0.1, -0.05) is 13.3 Å². The molecular formula is C6H14ClNO2. The Morgan fingerprint density at radius 3 is 2.60 bits per heavy atom. The minimum Gasteiger partial charge on any atom is -0.480 e. The molecule has 0 rings (SSSR count). The van der Waals surface area contributed by atoms with E-state index in [4.69, 9.17) is 5.11 Å². The summed E-state index contributed by atoms with van der Waals surface area (Å²) in [6.07, 6.45) is 2.15. The first-order valence-corrected chi connectivity index (χ1v) is 3.20. The van der Waals surface area contributed by atoms with E-state index in [0.717, 1.165) is 19.4 Å². The molecular weight excluding hydrogens is 154 g/mol. The zero-order chi connectivity index (χ0) is 7.11. The Balaban J connectivity index is 0. The quantitative estimate of drug-likeness (QED) is 0.598. The lowest BCUT2D eigenvalue weighted by Gasteiger charge is -1.96. The molecule has 0 aliphatic rings. The fourth-order valence-electron chi connectivity index (χ4n) is 0.497. The Labute approximate surface area is 67.2 Å². The van der Waals surface area contributed by atoms with Crippen LogP contribution in [0, 0.1) is 0 Å². The van der Waals surface area contributed by atoms with E-state index in [1.807, 2.05) is 0 Å². The molecule has 62 valence electrons. The van der Waals surface area contributed by atoms with Gasteiger partial charge in [0, 0.05) is 0 Å². The first kappa shape index (κ1) is 12.4. The Bertz CT molecular complexity index is 87.8. The van der Waals surface area contributed by atoms with Crippen LogP contribution in [0.15, 0.2) is 0 Å². The van der Waals surface area contributed by atoms with Crippen LogP contribution in [0.4, 0.5) is 0 Å². The molecule has 0 aromatic rings. The molecule has 0 aromatic carbocycles. The molecule has 0 spiro atoms. The molecule has 0 atom stereocenters.